The molecule has 0 saturated carbocycles. The molecule has 18 heavy (non-hydrogen) atoms. The zero-order chi connectivity index (χ0) is 13.0. The number of nitrogen functional groups attached to an aromatic ring is 1. The third-order valence-corrected chi connectivity index (χ3v) is 2.69. The summed E-state index contributed by atoms with van der Waals surface area (Å²) in [4.78, 5) is 6.87. The Labute approximate surface area is 111 Å². The predicted octanol–water partition coefficient (Wildman–Crippen LogP) is 3.18. The first-order chi connectivity index (χ1) is 8.70. The molecule has 4 nitrogen and oxygen atoms in total. The van der Waals surface area contributed by atoms with E-state index < -0.39 is 0 Å². The van der Waals surface area contributed by atoms with Crippen LogP contribution in [0.15, 0.2) is 30.5 Å². The van der Waals surface area contributed by atoms with E-state index in [9.17, 15) is 0 Å². The molecule has 2 rings (SSSR count). The van der Waals surface area contributed by atoms with Crippen molar-refractivity contribution in [3.05, 3.63) is 35.2 Å². The maximum atomic E-state index is 5.88. The van der Waals surface area contributed by atoms with E-state index in [1.807, 2.05) is 24.3 Å². The third kappa shape index (κ3) is 2.87. The number of anilines is 1. The van der Waals surface area contributed by atoms with Crippen LogP contribution in [-0.4, -0.2) is 16.6 Å². The molecule has 1 aromatic heterocycles. The van der Waals surface area contributed by atoms with Gasteiger partial charge in [-0.3, -0.25) is 0 Å². The average molecular weight is 261 g/mol. The highest BCUT2D eigenvalue weighted by atomic mass is 32.1. The number of hydrogen-bond acceptors (Lipinski definition) is 4. The molecule has 2 aromatic rings. The highest BCUT2D eigenvalue weighted by Crippen LogP contribution is 2.25. The summed E-state index contributed by atoms with van der Waals surface area (Å²) < 4.78 is 5.91. The summed E-state index contributed by atoms with van der Waals surface area (Å²) >= 11 is 4.91. The summed E-state index contributed by atoms with van der Waals surface area (Å²) in [5, 5.41) is 0. The molecular weight excluding hydrogens is 246 g/mol. The highest BCUT2D eigenvalue weighted by Gasteiger charge is 2.03. The number of nitrogens with zero attached hydrogens (tertiary/aromatic N) is 1. The van der Waals surface area contributed by atoms with E-state index in [4.69, 9.17) is 22.7 Å². The Balaban J connectivity index is 2.26. The summed E-state index contributed by atoms with van der Waals surface area (Å²) in [6.07, 6.45) is 2.67. The van der Waals surface area contributed by atoms with E-state index in [0.717, 1.165) is 29.9 Å². The summed E-state index contributed by atoms with van der Waals surface area (Å²) in [7, 11) is 0. The fraction of sp³-hybridized carbons (Fsp3) is 0.231. The van der Waals surface area contributed by atoms with Crippen molar-refractivity contribution in [2.45, 2.75) is 13.3 Å². The molecule has 0 aliphatic rings. The first-order valence-electron chi connectivity index (χ1n) is 5.78. The second kappa shape index (κ2) is 5.64. The SMILES string of the molecule is CCCOc1ccc(-c2cnc(=S)[nH]c2N)cc1. The molecule has 0 radical (unpaired) electrons. The van der Waals surface area contributed by atoms with Crippen LogP contribution in [0.2, 0.25) is 0 Å². The second-order valence-corrected chi connectivity index (χ2v) is 4.28. The largest absolute Gasteiger partial charge is 0.494 e. The van der Waals surface area contributed by atoms with Crippen molar-refractivity contribution in [3.8, 4) is 16.9 Å². The molecule has 0 aliphatic carbocycles. The lowest BCUT2D eigenvalue weighted by Crippen LogP contribution is -1.97. The van der Waals surface area contributed by atoms with E-state index in [2.05, 4.69) is 16.9 Å². The Morgan fingerprint density at radius 1 is 1.33 bits per heavy atom. The van der Waals surface area contributed by atoms with Crippen LogP contribution >= 0.6 is 12.2 Å². The average Bonchev–Trinajstić information content (AvgIpc) is 2.37. The first-order valence-corrected chi connectivity index (χ1v) is 6.19. The Morgan fingerprint density at radius 2 is 2.06 bits per heavy atom. The van der Waals surface area contributed by atoms with Crippen LogP contribution in [-0.2, 0) is 0 Å². The molecule has 94 valence electrons. The van der Waals surface area contributed by atoms with Gasteiger partial charge in [0.25, 0.3) is 0 Å². The lowest BCUT2D eigenvalue weighted by atomic mass is 10.1. The molecular formula is C13H15N3OS. The Hall–Kier alpha value is -1.88. The van der Waals surface area contributed by atoms with E-state index in [0.29, 0.717) is 10.6 Å². The van der Waals surface area contributed by atoms with Crippen molar-refractivity contribution in [1.29, 1.82) is 0 Å². The summed E-state index contributed by atoms with van der Waals surface area (Å²) in [5.41, 5.74) is 7.70. The molecule has 5 heteroatoms. The van der Waals surface area contributed by atoms with Gasteiger partial charge in [0.15, 0.2) is 4.77 Å². The lowest BCUT2D eigenvalue weighted by Gasteiger charge is -2.07. The standard InChI is InChI=1S/C13H15N3OS/c1-2-7-17-10-5-3-9(4-6-10)11-8-15-13(18)16-12(11)14/h3-6,8H,2,7H2,1H3,(H3,14,15,16,18). The van der Waals surface area contributed by atoms with Crippen molar-refractivity contribution in [1.82, 2.24) is 9.97 Å². The smallest absolute Gasteiger partial charge is 0.198 e. The molecule has 1 heterocycles. The normalized spacial score (nSPS) is 10.3. The Kier molecular flexibility index (Phi) is 3.94. The fourth-order valence-electron chi connectivity index (χ4n) is 1.59. The van der Waals surface area contributed by atoms with Crippen LogP contribution in [0, 0.1) is 4.77 Å². The molecule has 0 aliphatic heterocycles. The molecule has 3 N–H and O–H groups in total. The molecule has 0 unspecified atom stereocenters. The van der Waals surface area contributed by atoms with Crippen LogP contribution in [0.5, 0.6) is 5.75 Å². The van der Waals surface area contributed by atoms with Crippen molar-refractivity contribution in [2.24, 2.45) is 0 Å². The minimum absolute atomic E-state index is 0.388. The van der Waals surface area contributed by atoms with E-state index in [1.54, 1.807) is 6.20 Å². The molecule has 0 fully saturated rings. The van der Waals surface area contributed by atoms with Crippen LogP contribution in [0.3, 0.4) is 0 Å². The maximum absolute atomic E-state index is 5.88. The number of aromatic amines is 1. The van der Waals surface area contributed by atoms with Gasteiger partial charge in [-0.05, 0) is 36.3 Å². The van der Waals surface area contributed by atoms with Crippen molar-refractivity contribution in [2.75, 3.05) is 12.3 Å². The fourth-order valence-corrected chi connectivity index (χ4v) is 1.75. The van der Waals surface area contributed by atoms with Crippen molar-refractivity contribution >= 4 is 18.0 Å². The van der Waals surface area contributed by atoms with Gasteiger partial charge in [-0.15, -0.1) is 0 Å². The number of aromatic nitrogens is 2. The number of nitrogens with one attached hydrogen (secondary N) is 1. The van der Waals surface area contributed by atoms with E-state index in [1.165, 1.54) is 0 Å². The quantitative estimate of drug-likeness (QED) is 0.830. The lowest BCUT2D eigenvalue weighted by molar-refractivity contribution is 0.317. The molecule has 0 atom stereocenters. The van der Waals surface area contributed by atoms with Crippen molar-refractivity contribution < 1.29 is 4.74 Å². The van der Waals surface area contributed by atoms with Gasteiger partial charge in [0.05, 0.1) is 6.61 Å². The van der Waals surface area contributed by atoms with E-state index in [-0.39, 0.29) is 0 Å². The summed E-state index contributed by atoms with van der Waals surface area (Å²) in [5.74, 6) is 1.38. The Morgan fingerprint density at radius 3 is 2.67 bits per heavy atom. The third-order valence-electron chi connectivity index (χ3n) is 2.48. The van der Waals surface area contributed by atoms with Gasteiger partial charge < -0.3 is 15.5 Å². The number of benzene rings is 1. The molecule has 0 amide bonds. The second-order valence-electron chi connectivity index (χ2n) is 3.89. The Bertz CT molecular complexity index is 578. The number of ether oxygens (including phenoxy) is 1. The van der Waals surface area contributed by atoms with Crippen LogP contribution < -0.4 is 10.5 Å². The number of rotatable bonds is 4. The van der Waals surface area contributed by atoms with Gasteiger partial charge in [-0.25, -0.2) is 4.98 Å². The number of H-pyrrole nitrogens is 1. The zero-order valence-electron chi connectivity index (χ0n) is 10.1. The minimum atomic E-state index is 0.388. The zero-order valence-corrected chi connectivity index (χ0v) is 11.0. The van der Waals surface area contributed by atoms with Crippen molar-refractivity contribution in [3.63, 3.8) is 0 Å². The molecule has 0 spiro atoms. The van der Waals surface area contributed by atoms with Gasteiger partial charge in [-0.2, -0.15) is 0 Å². The predicted molar refractivity (Wildman–Crippen MR) is 75.1 cm³/mol. The summed E-state index contributed by atoms with van der Waals surface area (Å²) in [6.45, 7) is 2.80. The number of nitrogens with two attached hydrogens (primary N) is 1. The van der Waals surface area contributed by atoms with Gasteiger partial charge in [0.1, 0.15) is 11.6 Å². The molecule has 1 aromatic carbocycles. The van der Waals surface area contributed by atoms with Gasteiger partial charge in [0.2, 0.25) is 0 Å². The van der Waals surface area contributed by atoms with Crippen LogP contribution in [0.1, 0.15) is 13.3 Å². The molecule has 0 saturated heterocycles. The highest BCUT2D eigenvalue weighted by molar-refractivity contribution is 7.71. The topological polar surface area (TPSA) is 63.9 Å². The van der Waals surface area contributed by atoms with Gasteiger partial charge in [-0.1, -0.05) is 19.1 Å². The number of hydrogen-bond donors (Lipinski definition) is 2. The van der Waals surface area contributed by atoms with Gasteiger partial charge in [0, 0.05) is 11.8 Å². The van der Waals surface area contributed by atoms with Gasteiger partial charge >= 0.3 is 0 Å². The van der Waals surface area contributed by atoms with Crippen LogP contribution in [0.4, 0.5) is 5.82 Å². The summed E-state index contributed by atoms with van der Waals surface area (Å²) in [6, 6.07) is 7.75. The minimum Gasteiger partial charge on any atom is -0.494 e. The monoisotopic (exact) mass is 261 g/mol. The molecule has 0 bridgehead atoms. The van der Waals surface area contributed by atoms with E-state index >= 15 is 0 Å². The van der Waals surface area contributed by atoms with Crippen LogP contribution in [0.25, 0.3) is 11.1 Å². The maximum Gasteiger partial charge on any atom is 0.198 e. The first kappa shape index (κ1) is 12.6.